The fourth-order valence-electron chi connectivity index (χ4n) is 1.98. The van der Waals surface area contributed by atoms with Gasteiger partial charge in [0.15, 0.2) is 0 Å². The normalized spacial score (nSPS) is 10.7. The molecule has 0 bridgehead atoms. The number of aryl methyl sites for hydroxylation is 1. The number of ether oxygens (including phenoxy) is 1. The highest BCUT2D eigenvalue weighted by Crippen LogP contribution is 2.17. The van der Waals surface area contributed by atoms with Crippen LogP contribution in [0.1, 0.15) is 5.56 Å². The van der Waals surface area contributed by atoms with Crippen LogP contribution in [0.2, 0.25) is 0 Å². The number of fused-ring (bicyclic) bond motifs is 1. The Morgan fingerprint density at radius 3 is 2.75 bits per heavy atom. The van der Waals surface area contributed by atoms with Gasteiger partial charge in [-0.05, 0) is 30.7 Å². The highest BCUT2D eigenvalue weighted by atomic mass is 16.5. The predicted molar refractivity (Wildman–Crippen MR) is 74.3 cm³/mol. The van der Waals surface area contributed by atoms with Crippen LogP contribution in [-0.2, 0) is 11.3 Å². The third kappa shape index (κ3) is 2.38. The van der Waals surface area contributed by atoms with Gasteiger partial charge in [0.2, 0.25) is 0 Å². The fraction of sp³-hybridized carbons (Fsp3) is 0.133. The molecule has 20 heavy (non-hydrogen) atoms. The summed E-state index contributed by atoms with van der Waals surface area (Å²) in [6.07, 6.45) is 0. The molecule has 0 fully saturated rings. The molecule has 0 aliphatic carbocycles. The summed E-state index contributed by atoms with van der Waals surface area (Å²) in [4.78, 5) is 12.0. The van der Waals surface area contributed by atoms with E-state index in [1.807, 2.05) is 49.4 Å². The number of aromatic nitrogens is 3. The van der Waals surface area contributed by atoms with Crippen molar-refractivity contribution >= 4 is 17.0 Å². The van der Waals surface area contributed by atoms with Gasteiger partial charge in [0.05, 0.1) is 5.52 Å². The summed E-state index contributed by atoms with van der Waals surface area (Å²) < 4.78 is 6.88. The van der Waals surface area contributed by atoms with Gasteiger partial charge in [0.25, 0.3) is 0 Å². The first kappa shape index (κ1) is 12.3. The molecule has 0 atom stereocenters. The minimum Gasteiger partial charge on any atom is -0.425 e. The van der Waals surface area contributed by atoms with Crippen LogP contribution in [0.5, 0.6) is 5.75 Å². The number of hydrogen-bond donors (Lipinski definition) is 0. The largest absolute Gasteiger partial charge is 0.425 e. The maximum absolute atomic E-state index is 12.0. The van der Waals surface area contributed by atoms with Crippen LogP contribution in [0.25, 0.3) is 11.0 Å². The molecule has 0 aliphatic rings. The van der Waals surface area contributed by atoms with Crippen LogP contribution in [0.3, 0.4) is 0 Å². The zero-order chi connectivity index (χ0) is 13.9. The van der Waals surface area contributed by atoms with Gasteiger partial charge in [-0.3, -0.25) is 0 Å². The second kappa shape index (κ2) is 5.13. The molecule has 100 valence electrons. The number of benzene rings is 2. The first-order valence-electron chi connectivity index (χ1n) is 6.28. The molecular formula is C15H13N3O2. The lowest BCUT2D eigenvalue weighted by atomic mass is 10.2. The van der Waals surface area contributed by atoms with E-state index in [2.05, 4.69) is 10.3 Å². The number of carbonyl (C=O) groups excluding carboxylic acids is 1. The Hall–Kier alpha value is -2.69. The van der Waals surface area contributed by atoms with E-state index in [9.17, 15) is 4.79 Å². The molecular weight excluding hydrogens is 254 g/mol. The summed E-state index contributed by atoms with van der Waals surface area (Å²) in [7, 11) is 0. The molecule has 0 unspecified atom stereocenters. The van der Waals surface area contributed by atoms with E-state index < -0.39 is 0 Å². The second-order valence-electron chi connectivity index (χ2n) is 4.48. The highest BCUT2D eigenvalue weighted by Gasteiger charge is 2.11. The minimum atomic E-state index is -0.366. The van der Waals surface area contributed by atoms with Crippen molar-refractivity contribution in [1.29, 1.82) is 0 Å². The van der Waals surface area contributed by atoms with Crippen LogP contribution in [-0.4, -0.2) is 21.0 Å². The third-order valence-electron chi connectivity index (χ3n) is 3.02. The molecule has 0 N–H and O–H groups in total. The Kier molecular flexibility index (Phi) is 3.16. The fourth-order valence-corrected chi connectivity index (χ4v) is 1.98. The number of nitrogens with zero attached hydrogens (tertiary/aromatic N) is 3. The molecule has 5 heteroatoms. The van der Waals surface area contributed by atoms with Crippen LogP contribution in [0.15, 0.2) is 48.5 Å². The van der Waals surface area contributed by atoms with Crippen LogP contribution in [0.4, 0.5) is 0 Å². The van der Waals surface area contributed by atoms with Crippen molar-refractivity contribution in [2.45, 2.75) is 13.5 Å². The van der Waals surface area contributed by atoms with Crippen molar-refractivity contribution < 1.29 is 9.53 Å². The van der Waals surface area contributed by atoms with Crippen LogP contribution >= 0.6 is 0 Å². The Bertz CT molecular complexity index is 764. The van der Waals surface area contributed by atoms with Crippen molar-refractivity contribution in [2.24, 2.45) is 0 Å². The monoisotopic (exact) mass is 267 g/mol. The van der Waals surface area contributed by atoms with Gasteiger partial charge in [-0.2, -0.15) is 0 Å². The van der Waals surface area contributed by atoms with E-state index in [0.717, 1.165) is 16.6 Å². The summed E-state index contributed by atoms with van der Waals surface area (Å²) >= 11 is 0. The van der Waals surface area contributed by atoms with E-state index in [1.165, 1.54) is 4.68 Å². The molecule has 0 radical (unpaired) electrons. The quantitative estimate of drug-likeness (QED) is 0.540. The first-order chi connectivity index (χ1) is 9.74. The van der Waals surface area contributed by atoms with Gasteiger partial charge in [-0.15, -0.1) is 5.10 Å². The Balaban J connectivity index is 1.78. The number of esters is 1. The van der Waals surface area contributed by atoms with Gasteiger partial charge in [-0.25, -0.2) is 9.48 Å². The van der Waals surface area contributed by atoms with E-state index in [0.29, 0.717) is 5.75 Å². The van der Waals surface area contributed by atoms with Crippen LogP contribution < -0.4 is 4.74 Å². The van der Waals surface area contributed by atoms with E-state index in [1.54, 1.807) is 6.07 Å². The number of rotatable bonds is 3. The smallest absolute Gasteiger partial charge is 0.333 e. The molecule has 0 saturated heterocycles. The topological polar surface area (TPSA) is 57.0 Å². The van der Waals surface area contributed by atoms with Crippen molar-refractivity contribution in [3.8, 4) is 5.75 Å². The first-order valence-corrected chi connectivity index (χ1v) is 6.28. The molecule has 1 heterocycles. The summed E-state index contributed by atoms with van der Waals surface area (Å²) in [6, 6.07) is 14.9. The number of carbonyl (C=O) groups is 1. The summed E-state index contributed by atoms with van der Waals surface area (Å²) in [5, 5.41) is 7.97. The molecule has 0 amide bonds. The molecule has 5 nitrogen and oxygen atoms in total. The zero-order valence-electron chi connectivity index (χ0n) is 11.0. The van der Waals surface area contributed by atoms with Crippen molar-refractivity contribution in [3.63, 3.8) is 0 Å². The molecule has 2 aromatic carbocycles. The molecule has 0 aliphatic heterocycles. The minimum absolute atomic E-state index is 0.0366. The summed E-state index contributed by atoms with van der Waals surface area (Å²) in [6.45, 7) is 1.93. The second-order valence-corrected chi connectivity index (χ2v) is 4.48. The lowest BCUT2D eigenvalue weighted by molar-refractivity contribution is -0.135. The molecule has 3 rings (SSSR count). The van der Waals surface area contributed by atoms with E-state index in [4.69, 9.17) is 4.74 Å². The lowest BCUT2D eigenvalue weighted by Crippen LogP contribution is -2.17. The zero-order valence-corrected chi connectivity index (χ0v) is 11.0. The van der Waals surface area contributed by atoms with Crippen molar-refractivity contribution in [1.82, 2.24) is 15.0 Å². The lowest BCUT2D eigenvalue weighted by Gasteiger charge is -2.07. The Morgan fingerprint density at radius 2 is 1.90 bits per heavy atom. The van der Waals surface area contributed by atoms with Gasteiger partial charge < -0.3 is 4.74 Å². The Morgan fingerprint density at radius 1 is 1.15 bits per heavy atom. The molecule has 0 spiro atoms. The molecule has 1 aromatic heterocycles. The standard InChI is InChI=1S/C15H13N3O2/c1-11-6-2-5-9-14(11)20-15(19)10-18-13-8-4-3-7-12(13)16-17-18/h2-9H,10H2,1H3. The maximum atomic E-state index is 12.0. The van der Waals surface area contributed by atoms with Crippen molar-refractivity contribution in [2.75, 3.05) is 0 Å². The summed E-state index contributed by atoms with van der Waals surface area (Å²) in [5.74, 6) is 0.205. The Labute approximate surface area is 115 Å². The molecule has 0 saturated carbocycles. The number of hydrogen-bond acceptors (Lipinski definition) is 4. The predicted octanol–water partition coefficient (Wildman–Crippen LogP) is 2.35. The van der Waals surface area contributed by atoms with Gasteiger partial charge in [-0.1, -0.05) is 35.5 Å². The van der Waals surface area contributed by atoms with Crippen molar-refractivity contribution in [3.05, 3.63) is 54.1 Å². The van der Waals surface area contributed by atoms with E-state index >= 15 is 0 Å². The van der Waals surface area contributed by atoms with E-state index in [-0.39, 0.29) is 12.5 Å². The van der Waals surface area contributed by atoms with Gasteiger partial charge in [0, 0.05) is 0 Å². The SMILES string of the molecule is Cc1ccccc1OC(=O)Cn1nnc2ccccc21. The summed E-state index contributed by atoms with van der Waals surface area (Å²) in [5.41, 5.74) is 2.50. The third-order valence-corrected chi connectivity index (χ3v) is 3.02. The van der Waals surface area contributed by atoms with Gasteiger partial charge in [0.1, 0.15) is 17.8 Å². The number of para-hydroxylation sites is 2. The average molecular weight is 267 g/mol. The molecule has 3 aromatic rings. The van der Waals surface area contributed by atoms with Gasteiger partial charge >= 0.3 is 5.97 Å². The van der Waals surface area contributed by atoms with Crippen LogP contribution in [0, 0.1) is 6.92 Å². The highest BCUT2D eigenvalue weighted by molar-refractivity contribution is 5.78. The maximum Gasteiger partial charge on any atom is 0.333 e. The average Bonchev–Trinajstić information content (AvgIpc) is 2.85.